The maximum absolute atomic E-state index is 12.8. The number of rotatable bonds is 5. The number of benzene rings is 1. The lowest BCUT2D eigenvalue weighted by molar-refractivity contribution is 0.218. The van der Waals surface area contributed by atoms with E-state index in [2.05, 4.69) is 15.2 Å². The van der Waals surface area contributed by atoms with Crippen molar-refractivity contribution in [2.24, 2.45) is 0 Å². The monoisotopic (exact) mass is 349 g/mol. The zero-order valence-electron chi connectivity index (χ0n) is 14.4. The first kappa shape index (κ1) is 16.1. The molecule has 26 heavy (non-hydrogen) atoms. The van der Waals surface area contributed by atoms with E-state index in [0.717, 1.165) is 22.5 Å². The Morgan fingerprint density at radius 3 is 2.88 bits per heavy atom. The summed E-state index contributed by atoms with van der Waals surface area (Å²) in [6, 6.07) is 11.5. The Kier molecular flexibility index (Phi) is 4.27. The van der Waals surface area contributed by atoms with Crippen LogP contribution in [0, 0.1) is 0 Å². The fourth-order valence-electron chi connectivity index (χ4n) is 3.14. The van der Waals surface area contributed by atoms with Gasteiger partial charge in [-0.3, -0.25) is 15.0 Å². The summed E-state index contributed by atoms with van der Waals surface area (Å²) in [5.41, 5.74) is 3.58. The van der Waals surface area contributed by atoms with Crippen LogP contribution in [0.5, 0.6) is 5.75 Å². The van der Waals surface area contributed by atoms with E-state index in [1.54, 1.807) is 29.3 Å². The second-order valence-electron chi connectivity index (χ2n) is 6.05. The van der Waals surface area contributed by atoms with Gasteiger partial charge < -0.3 is 9.64 Å². The summed E-state index contributed by atoms with van der Waals surface area (Å²) in [5.74, 6) is 0.708. The van der Waals surface area contributed by atoms with Gasteiger partial charge in [0.2, 0.25) is 0 Å². The van der Waals surface area contributed by atoms with Crippen LogP contribution < -0.4 is 9.64 Å². The molecule has 0 bridgehead atoms. The maximum Gasteiger partial charge on any atom is 0.324 e. The molecule has 132 valence electrons. The molecule has 7 heteroatoms. The third kappa shape index (κ3) is 2.99. The molecule has 1 aliphatic rings. The van der Waals surface area contributed by atoms with Crippen molar-refractivity contribution in [1.82, 2.24) is 20.1 Å². The Morgan fingerprint density at radius 2 is 2.15 bits per heavy atom. The summed E-state index contributed by atoms with van der Waals surface area (Å²) < 4.78 is 5.52. The van der Waals surface area contributed by atoms with Gasteiger partial charge in [-0.1, -0.05) is 6.07 Å². The van der Waals surface area contributed by atoms with Crippen molar-refractivity contribution >= 4 is 11.7 Å². The lowest BCUT2D eigenvalue weighted by Gasteiger charge is -2.19. The van der Waals surface area contributed by atoms with Crippen LogP contribution in [0.3, 0.4) is 0 Å². The van der Waals surface area contributed by atoms with Crippen LogP contribution in [-0.2, 0) is 6.54 Å². The first-order valence-corrected chi connectivity index (χ1v) is 8.40. The molecule has 0 aliphatic carbocycles. The van der Waals surface area contributed by atoms with Gasteiger partial charge in [0, 0.05) is 48.4 Å². The number of ether oxygens (including phenoxy) is 1. The SMILES string of the molecule is COc1cc(N2CCN(Cc3ccccn3)C2=O)ccc1-c1cn[nH]c1. The topological polar surface area (TPSA) is 74.3 Å². The smallest absolute Gasteiger partial charge is 0.324 e. The number of aromatic amines is 1. The number of carbonyl (C=O) groups is 1. The van der Waals surface area contributed by atoms with Crippen LogP contribution >= 0.6 is 0 Å². The Bertz CT molecular complexity index is 896. The van der Waals surface area contributed by atoms with E-state index in [9.17, 15) is 4.79 Å². The quantitative estimate of drug-likeness (QED) is 0.768. The maximum atomic E-state index is 12.8. The van der Waals surface area contributed by atoms with Crippen molar-refractivity contribution in [3.05, 3.63) is 60.7 Å². The minimum absolute atomic E-state index is 0.0197. The second kappa shape index (κ2) is 6.87. The molecule has 2 aromatic heterocycles. The molecule has 2 amide bonds. The predicted octanol–water partition coefficient (Wildman–Crippen LogP) is 2.92. The summed E-state index contributed by atoms with van der Waals surface area (Å²) in [6.07, 6.45) is 5.30. The number of H-pyrrole nitrogens is 1. The van der Waals surface area contributed by atoms with Crippen molar-refractivity contribution in [1.29, 1.82) is 0 Å². The van der Waals surface area contributed by atoms with Crippen molar-refractivity contribution in [2.45, 2.75) is 6.54 Å². The number of urea groups is 1. The Morgan fingerprint density at radius 1 is 1.23 bits per heavy atom. The number of anilines is 1. The molecular weight excluding hydrogens is 330 g/mol. The largest absolute Gasteiger partial charge is 0.496 e. The van der Waals surface area contributed by atoms with Gasteiger partial charge >= 0.3 is 6.03 Å². The highest BCUT2D eigenvalue weighted by Crippen LogP contribution is 2.34. The van der Waals surface area contributed by atoms with Gasteiger partial charge in [0.15, 0.2) is 0 Å². The molecule has 3 heterocycles. The number of hydrogen-bond donors (Lipinski definition) is 1. The Hall–Kier alpha value is -3.35. The second-order valence-corrected chi connectivity index (χ2v) is 6.05. The third-order valence-corrected chi connectivity index (χ3v) is 4.48. The molecule has 1 aliphatic heterocycles. The molecule has 0 radical (unpaired) electrons. The number of amides is 2. The van der Waals surface area contributed by atoms with Gasteiger partial charge in [-0.05, 0) is 24.3 Å². The number of nitrogens with zero attached hydrogens (tertiary/aromatic N) is 4. The highest BCUT2D eigenvalue weighted by Gasteiger charge is 2.30. The fourth-order valence-corrected chi connectivity index (χ4v) is 3.14. The average Bonchev–Trinajstić information content (AvgIpc) is 3.33. The zero-order chi connectivity index (χ0) is 17.9. The Labute approximate surface area is 151 Å². The van der Waals surface area contributed by atoms with Crippen LogP contribution in [0.2, 0.25) is 0 Å². The molecule has 7 nitrogen and oxygen atoms in total. The molecule has 0 unspecified atom stereocenters. The minimum Gasteiger partial charge on any atom is -0.496 e. The molecule has 4 rings (SSSR count). The minimum atomic E-state index is -0.0197. The van der Waals surface area contributed by atoms with Crippen LogP contribution in [0.25, 0.3) is 11.1 Å². The summed E-state index contributed by atoms with van der Waals surface area (Å²) in [4.78, 5) is 20.7. The predicted molar refractivity (Wildman–Crippen MR) is 98.0 cm³/mol. The first-order valence-electron chi connectivity index (χ1n) is 8.40. The number of aromatic nitrogens is 3. The third-order valence-electron chi connectivity index (χ3n) is 4.48. The van der Waals surface area contributed by atoms with E-state index in [-0.39, 0.29) is 6.03 Å². The zero-order valence-corrected chi connectivity index (χ0v) is 14.4. The molecule has 0 saturated carbocycles. The van der Waals surface area contributed by atoms with Crippen molar-refractivity contribution < 1.29 is 9.53 Å². The number of methoxy groups -OCH3 is 1. The normalized spacial score (nSPS) is 14.1. The van der Waals surface area contributed by atoms with Crippen LogP contribution in [-0.4, -0.2) is 46.3 Å². The van der Waals surface area contributed by atoms with E-state index in [0.29, 0.717) is 25.4 Å². The molecule has 1 fully saturated rings. The lowest BCUT2D eigenvalue weighted by Crippen LogP contribution is -2.31. The fraction of sp³-hybridized carbons (Fsp3) is 0.211. The summed E-state index contributed by atoms with van der Waals surface area (Å²) >= 11 is 0. The van der Waals surface area contributed by atoms with Crippen LogP contribution in [0.15, 0.2) is 55.0 Å². The van der Waals surface area contributed by atoms with Gasteiger partial charge in [-0.25, -0.2) is 4.79 Å². The van der Waals surface area contributed by atoms with Crippen molar-refractivity contribution in [2.75, 3.05) is 25.1 Å². The lowest BCUT2D eigenvalue weighted by atomic mass is 10.1. The number of hydrogen-bond acceptors (Lipinski definition) is 4. The van der Waals surface area contributed by atoms with Crippen LogP contribution in [0.1, 0.15) is 5.69 Å². The van der Waals surface area contributed by atoms with Crippen LogP contribution in [0.4, 0.5) is 10.5 Å². The van der Waals surface area contributed by atoms with Gasteiger partial charge in [-0.15, -0.1) is 0 Å². The first-order chi connectivity index (χ1) is 12.8. The van der Waals surface area contributed by atoms with E-state index in [1.165, 1.54) is 0 Å². The molecule has 1 aromatic carbocycles. The average molecular weight is 349 g/mol. The molecule has 1 N–H and O–H groups in total. The summed E-state index contributed by atoms with van der Waals surface area (Å²) in [5, 5.41) is 6.78. The molecule has 3 aromatic rings. The van der Waals surface area contributed by atoms with Gasteiger partial charge in [0.1, 0.15) is 5.75 Å². The standard InChI is InChI=1S/C19H19N5O2/c1-26-18-10-16(5-6-17(18)14-11-21-22-12-14)24-9-8-23(19(24)25)13-15-4-2-3-7-20-15/h2-7,10-12H,8-9,13H2,1H3,(H,21,22). The van der Waals surface area contributed by atoms with E-state index < -0.39 is 0 Å². The molecule has 1 saturated heterocycles. The van der Waals surface area contributed by atoms with Crippen molar-refractivity contribution in [3.8, 4) is 16.9 Å². The number of carbonyl (C=O) groups excluding carboxylic acids is 1. The van der Waals surface area contributed by atoms with Gasteiger partial charge in [-0.2, -0.15) is 5.10 Å². The Balaban J connectivity index is 1.55. The molecule has 0 atom stereocenters. The highest BCUT2D eigenvalue weighted by atomic mass is 16.5. The van der Waals surface area contributed by atoms with E-state index in [1.807, 2.05) is 42.6 Å². The number of nitrogens with one attached hydrogen (secondary N) is 1. The summed E-state index contributed by atoms with van der Waals surface area (Å²) in [6.45, 7) is 1.82. The highest BCUT2D eigenvalue weighted by molar-refractivity contribution is 5.94. The summed E-state index contributed by atoms with van der Waals surface area (Å²) in [7, 11) is 1.63. The molecule has 0 spiro atoms. The van der Waals surface area contributed by atoms with E-state index in [4.69, 9.17) is 4.74 Å². The van der Waals surface area contributed by atoms with Crippen molar-refractivity contribution in [3.63, 3.8) is 0 Å². The van der Waals surface area contributed by atoms with E-state index >= 15 is 0 Å². The number of pyridine rings is 1. The van der Waals surface area contributed by atoms with Gasteiger partial charge in [0.05, 0.1) is 25.5 Å². The van der Waals surface area contributed by atoms with Gasteiger partial charge in [0.25, 0.3) is 0 Å². The molecular formula is C19H19N5O2.